The van der Waals surface area contributed by atoms with E-state index in [-0.39, 0.29) is 0 Å². The third kappa shape index (κ3) is 5.45. The molecule has 0 aromatic heterocycles. The monoisotopic (exact) mass is 302 g/mol. The maximum absolute atomic E-state index is 12.4. The van der Waals surface area contributed by atoms with Gasteiger partial charge in [-0.2, -0.15) is 0 Å². The van der Waals surface area contributed by atoms with Crippen LogP contribution in [-0.2, 0) is 11.2 Å². The largest absolute Gasteiger partial charge is 0.343 e. The van der Waals surface area contributed by atoms with Crippen LogP contribution in [0.5, 0.6) is 0 Å². The Bertz CT molecular complexity index is 444. The lowest BCUT2D eigenvalue weighted by Crippen LogP contribution is -2.33. The van der Waals surface area contributed by atoms with E-state index in [0.29, 0.717) is 18.4 Å². The Hall–Kier alpha value is -1.35. The minimum absolute atomic E-state index is 0.354. The van der Waals surface area contributed by atoms with Crippen molar-refractivity contribution in [1.29, 1.82) is 0 Å². The van der Waals surface area contributed by atoms with E-state index in [1.165, 1.54) is 12.0 Å². The van der Waals surface area contributed by atoms with Crippen molar-refractivity contribution in [3.05, 3.63) is 35.9 Å². The van der Waals surface area contributed by atoms with E-state index >= 15 is 0 Å². The molecule has 1 heterocycles. The number of unbranched alkanes of at least 4 members (excludes halogenated alkanes) is 1. The first-order chi connectivity index (χ1) is 10.7. The lowest BCUT2D eigenvalue weighted by molar-refractivity contribution is -0.131. The van der Waals surface area contributed by atoms with Gasteiger partial charge in [-0.25, -0.2) is 0 Å². The van der Waals surface area contributed by atoms with Crippen molar-refractivity contribution in [2.24, 2.45) is 0 Å². The first kappa shape index (κ1) is 17.0. The second-order valence-electron chi connectivity index (χ2n) is 6.62. The fourth-order valence-electron chi connectivity index (χ4n) is 3.25. The molecule has 1 atom stereocenters. The maximum Gasteiger partial charge on any atom is 0.222 e. The van der Waals surface area contributed by atoms with E-state index in [4.69, 9.17) is 0 Å². The molecule has 1 aliphatic rings. The van der Waals surface area contributed by atoms with Crippen LogP contribution >= 0.6 is 0 Å². The number of carbonyl (C=O) groups is 1. The Balaban J connectivity index is 1.66. The molecule has 0 radical (unpaired) electrons. The molecule has 122 valence electrons. The van der Waals surface area contributed by atoms with E-state index in [2.05, 4.69) is 48.2 Å². The zero-order valence-corrected chi connectivity index (χ0v) is 14.1. The third-order valence-electron chi connectivity index (χ3n) is 4.73. The summed E-state index contributed by atoms with van der Waals surface area (Å²) in [6.45, 7) is 1.88. The number of benzene rings is 1. The van der Waals surface area contributed by atoms with Gasteiger partial charge in [0, 0.05) is 25.6 Å². The van der Waals surface area contributed by atoms with Crippen LogP contribution < -0.4 is 0 Å². The predicted molar refractivity (Wildman–Crippen MR) is 91.9 cm³/mol. The van der Waals surface area contributed by atoms with E-state index in [0.717, 1.165) is 45.2 Å². The standard InChI is InChI=1S/C19H30N2O/c1-20(2)18-12-8-15-21(16-14-18)19(22)13-7-6-11-17-9-4-3-5-10-17/h3-5,9-10,18H,6-8,11-16H2,1-2H3/t18-/m0/s1. The van der Waals surface area contributed by atoms with E-state index in [1.54, 1.807) is 0 Å². The molecule has 1 aliphatic heterocycles. The first-order valence-electron chi connectivity index (χ1n) is 8.65. The van der Waals surface area contributed by atoms with Gasteiger partial charge < -0.3 is 9.80 Å². The fourth-order valence-corrected chi connectivity index (χ4v) is 3.25. The van der Waals surface area contributed by atoms with Crippen molar-refractivity contribution in [1.82, 2.24) is 9.80 Å². The van der Waals surface area contributed by atoms with E-state index in [9.17, 15) is 4.79 Å². The van der Waals surface area contributed by atoms with Crippen molar-refractivity contribution in [3.8, 4) is 0 Å². The Morgan fingerprint density at radius 1 is 1.14 bits per heavy atom. The minimum Gasteiger partial charge on any atom is -0.343 e. The van der Waals surface area contributed by atoms with Crippen molar-refractivity contribution < 1.29 is 4.79 Å². The fraction of sp³-hybridized carbons (Fsp3) is 0.632. The van der Waals surface area contributed by atoms with Crippen molar-refractivity contribution >= 4 is 5.91 Å². The van der Waals surface area contributed by atoms with Crippen LogP contribution in [0, 0.1) is 0 Å². The summed E-state index contributed by atoms with van der Waals surface area (Å²) in [5.74, 6) is 0.354. The summed E-state index contributed by atoms with van der Waals surface area (Å²) in [5.41, 5.74) is 1.37. The summed E-state index contributed by atoms with van der Waals surface area (Å²) in [5, 5.41) is 0. The number of amides is 1. The summed E-state index contributed by atoms with van der Waals surface area (Å²) in [7, 11) is 4.29. The van der Waals surface area contributed by atoms with E-state index in [1.807, 2.05) is 6.07 Å². The van der Waals surface area contributed by atoms with Crippen LogP contribution in [0.4, 0.5) is 0 Å². The molecule has 3 heteroatoms. The normalized spacial score (nSPS) is 19.2. The van der Waals surface area contributed by atoms with Gasteiger partial charge in [0.15, 0.2) is 0 Å². The van der Waals surface area contributed by atoms with Gasteiger partial charge in [0.25, 0.3) is 0 Å². The smallest absolute Gasteiger partial charge is 0.222 e. The summed E-state index contributed by atoms with van der Waals surface area (Å²) < 4.78 is 0. The Morgan fingerprint density at radius 3 is 2.64 bits per heavy atom. The number of aryl methyl sites for hydroxylation is 1. The second-order valence-corrected chi connectivity index (χ2v) is 6.62. The molecule has 1 fully saturated rings. The zero-order chi connectivity index (χ0) is 15.8. The van der Waals surface area contributed by atoms with Crippen LogP contribution in [0.1, 0.15) is 44.1 Å². The third-order valence-corrected chi connectivity index (χ3v) is 4.73. The van der Waals surface area contributed by atoms with Gasteiger partial charge in [-0.05, 0) is 58.2 Å². The Kier molecular flexibility index (Phi) is 6.91. The number of hydrogen-bond donors (Lipinski definition) is 0. The quantitative estimate of drug-likeness (QED) is 0.752. The minimum atomic E-state index is 0.354. The maximum atomic E-state index is 12.4. The molecule has 0 aliphatic carbocycles. The first-order valence-corrected chi connectivity index (χ1v) is 8.65. The molecule has 0 unspecified atom stereocenters. The number of rotatable bonds is 6. The van der Waals surface area contributed by atoms with Gasteiger partial charge in [0.2, 0.25) is 5.91 Å². The van der Waals surface area contributed by atoms with Gasteiger partial charge in [0.1, 0.15) is 0 Å². The highest BCUT2D eigenvalue weighted by molar-refractivity contribution is 5.76. The lowest BCUT2D eigenvalue weighted by atomic mass is 10.1. The highest BCUT2D eigenvalue weighted by Crippen LogP contribution is 2.16. The molecule has 1 amide bonds. The molecule has 0 saturated carbocycles. The molecule has 0 N–H and O–H groups in total. The molecule has 1 aromatic carbocycles. The zero-order valence-electron chi connectivity index (χ0n) is 14.1. The van der Waals surface area contributed by atoms with Gasteiger partial charge >= 0.3 is 0 Å². The molecular weight excluding hydrogens is 272 g/mol. The van der Waals surface area contributed by atoms with Crippen LogP contribution in [0.25, 0.3) is 0 Å². The molecule has 22 heavy (non-hydrogen) atoms. The number of nitrogens with zero attached hydrogens (tertiary/aromatic N) is 2. The van der Waals surface area contributed by atoms with Gasteiger partial charge in [0.05, 0.1) is 0 Å². The van der Waals surface area contributed by atoms with Gasteiger partial charge in [-0.1, -0.05) is 30.3 Å². The lowest BCUT2D eigenvalue weighted by Gasteiger charge is -2.23. The molecule has 2 rings (SSSR count). The Morgan fingerprint density at radius 2 is 1.91 bits per heavy atom. The topological polar surface area (TPSA) is 23.6 Å². The van der Waals surface area contributed by atoms with Crippen LogP contribution in [-0.4, -0.2) is 48.9 Å². The molecule has 0 bridgehead atoms. The summed E-state index contributed by atoms with van der Waals surface area (Å²) in [6.07, 6.45) is 7.35. The molecule has 0 spiro atoms. The van der Waals surface area contributed by atoms with Crippen LogP contribution in [0.3, 0.4) is 0 Å². The summed E-state index contributed by atoms with van der Waals surface area (Å²) in [6, 6.07) is 11.2. The summed E-state index contributed by atoms with van der Waals surface area (Å²) >= 11 is 0. The van der Waals surface area contributed by atoms with Gasteiger partial charge in [-0.15, -0.1) is 0 Å². The molecule has 1 saturated heterocycles. The van der Waals surface area contributed by atoms with E-state index < -0.39 is 0 Å². The number of carbonyl (C=O) groups excluding carboxylic acids is 1. The Labute approximate surface area is 135 Å². The average Bonchev–Trinajstić information content (AvgIpc) is 2.78. The van der Waals surface area contributed by atoms with Gasteiger partial charge in [-0.3, -0.25) is 4.79 Å². The van der Waals surface area contributed by atoms with Crippen LogP contribution in [0.2, 0.25) is 0 Å². The molecular formula is C19H30N2O. The predicted octanol–water partition coefficient (Wildman–Crippen LogP) is 3.34. The highest BCUT2D eigenvalue weighted by Gasteiger charge is 2.21. The number of hydrogen-bond acceptors (Lipinski definition) is 2. The average molecular weight is 302 g/mol. The second kappa shape index (κ2) is 8.94. The highest BCUT2D eigenvalue weighted by atomic mass is 16.2. The van der Waals surface area contributed by atoms with Crippen molar-refractivity contribution in [3.63, 3.8) is 0 Å². The van der Waals surface area contributed by atoms with Crippen LogP contribution in [0.15, 0.2) is 30.3 Å². The van der Waals surface area contributed by atoms with Crippen molar-refractivity contribution in [2.75, 3.05) is 27.2 Å². The van der Waals surface area contributed by atoms with Crippen molar-refractivity contribution in [2.45, 2.75) is 51.0 Å². The molecule has 3 nitrogen and oxygen atoms in total. The molecule has 1 aromatic rings. The summed E-state index contributed by atoms with van der Waals surface area (Å²) in [4.78, 5) is 16.7. The SMILES string of the molecule is CN(C)[C@H]1CCCN(C(=O)CCCCc2ccccc2)CC1. The number of likely N-dealkylation sites (tertiary alicyclic amines) is 1.